The molecule has 0 spiro atoms. The Hall–Kier alpha value is -3.16. The Morgan fingerprint density at radius 3 is 1.88 bits per heavy atom. The molecule has 0 saturated carbocycles. The highest BCUT2D eigenvalue weighted by Crippen LogP contribution is 2.44. The minimum absolute atomic E-state index is 0.491. The first-order chi connectivity index (χ1) is 8.00. The molecule has 1 aliphatic carbocycles. The van der Waals surface area contributed by atoms with Crippen molar-refractivity contribution < 1.29 is 4.92 Å². The summed E-state index contributed by atoms with van der Waals surface area (Å²) in [7, 11) is 0. The Morgan fingerprint density at radius 2 is 1.53 bits per heavy atom. The summed E-state index contributed by atoms with van der Waals surface area (Å²) in [5.74, 6) is 0. The van der Waals surface area contributed by atoms with E-state index in [9.17, 15) is 10.1 Å². The van der Waals surface area contributed by atoms with Gasteiger partial charge < -0.3 is 0 Å². The first kappa shape index (κ1) is 11.9. The Kier molecular flexibility index (Phi) is 2.64. The van der Waals surface area contributed by atoms with E-state index in [4.69, 9.17) is 21.0 Å². The maximum atomic E-state index is 10.6. The Labute approximate surface area is 95.9 Å². The lowest BCUT2D eigenvalue weighted by molar-refractivity contribution is -0.420. The molecule has 0 saturated heterocycles. The van der Waals surface area contributed by atoms with Crippen molar-refractivity contribution in [2.75, 3.05) is 0 Å². The van der Waals surface area contributed by atoms with Crippen molar-refractivity contribution in [2.24, 2.45) is 10.8 Å². The third-order valence-corrected chi connectivity index (χ3v) is 2.41. The van der Waals surface area contributed by atoms with Gasteiger partial charge in [0.1, 0.15) is 0 Å². The predicted molar refractivity (Wildman–Crippen MR) is 51.5 cm³/mol. The molecule has 0 aromatic carbocycles. The number of nitrogens with zero attached hydrogens (tertiary/aromatic N) is 5. The number of nitriles is 4. The third-order valence-electron chi connectivity index (χ3n) is 2.41. The highest BCUT2D eigenvalue weighted by atomic mass is 16.6. The summed E-state index contributed by atoms with van der Waals surface area (Å²) in [5, 5.41) is 46.4. The molecule has 0 radical (unpaired) electrons. The van der Waals surface area contributed by atoms with E-state index >= 15 is 0 Å². The van der Waals surface area contributed by atoms with Crippen molar-refractivity contribution in [3.63, 3.8) is 0 Å². The highest BCUT2D eigenvalue weighted by molar-refractivity contribution is 5.49. The molecule has 0 fully saturated rings. The van der Waals surface area contributed by atoms with Crippen molar-refractivity contribution in [3.8, 4) is 24.3 Å². The van der Waals surface area contributed by atoms with Gasteiger partial charge >= 0.3 is 0 Å². The summed E-state index contributed by atoms with van der Waals surface area (Å²) in [6, 6.07) is 6.13. The number of nitro groups is 1. The first-order valence-electron chi connectivity index (χ1n) is 4.22. The smallest absolute Gasteiger partial charge is 0.258 e. The maximum absolute atomic E-state index is 10.6. The van der Waals surface area contributed by atoms with Gasteiger partial charge in [0.15, 0.2) is 5.41 Å². The number of hydrogen-bond acceptors (Lipinski definition) is 6. The van der Waals surface area contributed by atoms with Gasteiger partial charge in [0.2, 0.25) is 5.41 Å². The zero-order chi connectivity index (χ0) is 13.1. The minimum atomic E-state index is -2.17. The van der Waals surface area contributed by atoms with Crippen LogP contribution < -0.4 is 0 Å². The fraction of sp³-hybridized carbons (Fsp3) is 0.200. The lowest BCUT2D eigenvalue weighted by atomic mass is 9.64. The normalized spacial score (nSPS) is 18.7. The fourth-order valence-electron chi connectivity index (χ4n) is 1.38. The van der Waals surface area contributed by atoms with E-state index in [-0.39, 0.29) is 0 Å². The summed E-state index contributed by atoms with van der Waals surface area (Å²) in [4.78, 5) is 9.77. The number of rotatable bonds is 1. The lowest BCUT2D eigenvalue weighted by Gasteiger charge is -2.26. The molecule has 1 aliphatic rings. The van der Waals surface area contributed by atoms with E-state index < -0.39 is 21.5 Å². The molecule has 0 N–H and O–H groups in total. The van der Waals surface area contributed by atoms with Gasteiger partial charge in [0.05, 0.1) is 29.2 Å². The number of hydrogen-bond donors (Lipinski definition) is 0. The molecule has 0 aliphatic heterocycles. The molecule has 0 atom stereocenters. The average Bonchev–Trinajstić information content (AvgIpc) is 2.37. The molecule has 7 heteroatoms. The second kappa shape index (κ2) is 3.77. The van der Waals surface area contributed by atoms with Crippen molar-refractivity contribution in [2.45, 2.75) is 0 Å². The van der Waals surface area contributed by atoms with E-state index in [1.807, 2.05) is 0 Å². The molecule has 1 rings (SSSR count). The molecular weight excluding hydrogens is 222 g/mol. The zero-order valence-electron chi connectivity index (χ0n) is 8.28. The molecule has 0 amide bonds. The Balaban J connectivity index is 3.60. The molecule has 0 bridgehead atoms. The quantitative estimate of drug-likeness (QED) is 0.477. The maximum Gasteiger partial charge on any atom is 0.268 e. The van der Waals surface area contributed by atoms with E-state index in [1.165, 1.54) is 12.1 Å². The molecule has 80 valence electrons. The molecular formula is C10H3N5O2. The van der Waals surface area contributed by atoms with Gasteiger partial charge in [-0.3, -0.25) is 10.1 Å². The molecule has 0 unspecified atom stereocenters. The average molecular weight is 225 g/mol. The lowest BCUT2D eigenvalue weighted by Crippen LogP contribution is -2.37. The largest absolute Gasteiger partial charge is 0.268 e. The van der Waals surface area contributed by atoms with Gasteiger partial charge in [-0.1, -0.05) is 0 Å². The van der Waals surface area contributed by atoms with E-state index in [2.05, 4.69) is 0 Å². The van der Waals surface area contributed by atoms with Gasteiger partial charge in [-0.05, 0) is 6.08 Å². The van der Waals surface area contributed by atoms with Crippen LogP contribution in [0.15, 0.2) is 23.9 Å². The summed E-state index contributed by atoms with van der Waals surface area (Å²) < 4.78 is 0. The highest BCUT2D eigenvalue weighted by Gasteiger charge is 2.55. The van der Waals surface area contributed by atoms with Crippen LogP contribution in [0.1, 0.15) is 0 Å². The van der Waals surface area contributed by atoms with Crippen molar-refractivity contribution in [1.82, 2.24) is 0 Å². The number of allylic oxidation sites excluding steroid dienone is 3. The third kappa shape index (κ3) is 1.40. The Bertz CT molecular complexity index is 575. The van der Waals surface area contributed by atoms with E-state index in [1.54, 1.807) is 12.1 Å². The molecule has 0 aromatic rings. The summed E-state index contributed by atoms with van der Waals surface area (Å²) in [5.41, 5.74) is -4.70. The minimum Gasteiger partial charge on any atom is -0.258 e. The van der Waals surface area contributed by atoms with E-state index in [0.29, 0.717) is 0 Å². The SMILES string of the molecule is N#CC1(C#N)C=CC([N+](=O)[O-])=CC1(C#N)C#N. The Morgan fingerprint density at radius 1 is 1.06 bits per heavy atom. The van der Waals surface area contributed by atoms with Crippen LogP contribution in [0, 0.1) is 66.3 Å². The van der Waals surface area contributed by atoms with Crippen molar-refractivity contribution >= 4 is 0 Å². The molecule has 0 aromatic heterocycles. The van der Waals surface area contributed by atoms with Crippen LogP contribution in [0.2, 0.25) is 0 Å². The first-order valence-corrected chi connectivity index (χ1v) is 4.22. The van der Waals surface area contributed by atoms with Crippen molar-refractivity contribution in [3.05, 3.63) is 34.0 Å². The van der Waals surface area contributed by atoms with Gasteiger partial charge in [-0.15, -0.1) is 0 Å². The van der Waals surface area contributed by atoms with Crippen LogP contribution in [-0.4, -0.2) is 4.92 Å². The monoisotopic (exact) mass is 225 g/mol. The van der Waals surface area contributed by atoms with Crippen LogP contribution in [0.3, 0.4) is 0 Å². The second-order valence-electron chi connectivity index (χ2n) is 3.22. The summed E-state index contributed by atoms with van der Waals surface area (Å²) in [6.45, 7) is 0. The standard InChI is InChI=1S/C10H3N5O2/c11-4-9(5-12)2-1-8(15(16)17)3-10(9,6-13)7-14/h1-3H. The zero-order valence-corrected chi connectivity index (χ0v) is 8.28. The van der Waals surface area contributed by atoms with Crippen LogP contribution in [-0.2, 0) is 0 Å². The summed E-state index contributed by atoms with van der Waals surface area (Å²) >= 11 is 0. The summed E-state index contributed by atoms with van der Waals surface area (Å²) in [6.07, 6.45) is 2.59. The van der Waals surface area contributed by atoms with Gasteiger partial charge in [-0.2, -0.15) is 21.0 Å². The van der Waals surface area contributed by atoms with Crippen LogP contribution in [0.25, 0.3) is 0 Å². The fourth-order valence-corrected chi connectivity index (χ4v) is 1.38. The van der Waals surface area contributed by atoms with Crippen LogP contribution in [0.4, 0.5) is 0 Å². The van der Waals surface area contributed by atoms with E-state index in [0.717, 1.165) is 18.2 Å². The van der Waals surface area contributed by atoms with Crippen LogP contribution in [0.5, 0.6) is 0 Å². The topological polar surface area (TPSA) is 138 Å². The van der Waals surface area contributed by atoms with Gasteiger partial charge in [0, 0.05) is 12.2 Å². The molecule has 0 heterocycles. The molecule has 7 nitrogen and oxygen atoms in total. The van der Waals surface area contributed by atoms with Gasteiger partial charge in [0.25, 0.3) is 5.70 Å². The van der Waals surface area contributed by atoms with Gasteiger partial charge in [-0.25, -0.2) is 0 Å². The second-order valence-corrected chi connectivity index (χ2v) is 3.22. The predicted octanol–water partition coefficient (Wildman–Crippen LogP) is 0.784. The van der Waals surface area contributed by atoms with Crippen molar-refractivity contribution in [1.29, 1.82) is 21.0 Å². The van der Waals surface area contributed by atoms with Crippen LogP contribution >= 0.6 is 0 Å². The molecule has 17 heavy (non-hydrogen) atoms.